The van der Waals surface area contributed by atoms with E-state index in [0.29, 0.717) is 17.3 Å². The summed E-state index contributed by atoms with van der Waals surface area (Å²) in [4.78, 5) is 20.3. The smallest absolute Gasteiger partial charge is 0.258 e. The number of carbonyl (C=O) groups excluding carboxylic acids is 1. The minimum Gasteiger partial charge on any atom is -0.306 e. The molecule has 0 aliphatic rings. The molecular weight excluding hydrogens is 244 g/mol. The van der Waals surface area contributed by atoms with Gasteiger partial charge in [0.15, 0.2) is 0 Å². The van der Waals surface area contributed by atoms with Crippen LogP contribution in [0.25, 0.3) is 5.52 Å². The van der Waals surface area contributed by atoms with Crippen LogP contribution < -0.4 is 5.32 Å². The lowest BCUT2D eigenvalue weighted by Gasteiger charge is -2.04. The maximum Gasteiger partial charge on any atom is 0.258 e. The molecule has 96 valence electrons. The normalized spacial score (nSPS) is 10.8. The van der Waals surface area contributed by atoms with E-state index in [0.717, 1.165) is 5.52 Å². The number of aryl methyl sites for hydroxylation is 2. The zero-order valence-corrected chi connectivity index (χ0v) is 10.5. The molecule has 7 nitrogen and oxygen atoms in total. The predicted molar refractivity (Wildman–Crippen MR) is 68.9 cm³/mol. The molecule has 0 aromatic carbocycles. The van der Waals surface area contributed by atoms with E-state index in [1.54, 1.807) is 44.8 Å². The number of rotatable bonds is 2. The fourth-order valence-electron chi connectivity index (χ4n) is 1.86. The van der Waals surface area contributed by atoms with Crippen LogP contribution in [0.5, 0.6) is 0 Å². The van der Waals surface area contributed by atoms with Gasteiger partial charge in [0.25, 0.3) is 5.91 Å². The Labute approximate surface area is 108 Å². The molecule has 0 saturated carbocycles. The number of carbonyl (C=O) groups is 1. The van der Waals surface area contributed by atoms with E-state index in [1.165, 1.54) is 4.68 Å². The monoisotopic (exact) mass is 256 g/mol. The summed E-state index contributed by atoms with van der Waals surface area (Å²) in [5.41, 5.74) is 1.41. The summed E-state index contributed by atoms with van der Waals surface area (Å²) in [6.45, 7) is 1.77. The largest absolute Gasteiger partial charge is 0.306 e. The van der Waals surface area contributed by atoms with Crippen molar-refractivity contribution >= 4 is 17.4 Å². The zero-order valence-electron chi connectivity index (χ0n) is 10.5. The second-order valence-electron chi connectivity index (χ2n) is 4.20. The SMILES string of the molecule is Cc1nc(NC(=O)c2ccn3cncc3c2)n(C)n1. The molecule has 1 N–H and O–H groups in total. The van der Waals surface area contributed by atoms with Gasteiger partial charge >= 0.3 is 0 Å². The molecule has 0 saturated heterocycles. The summed E-state index contributed by atoms with van der Waals surface area (Å²) in [5, 5.41) is 6.80. The third kappa shape index (κ3) is 2.05. The summed E-state index contributed by atoms with van der Waals surface area (Å²) in [6.07, 6.45) is 5.17. The Bertz CT molecular complexity index is 757. The third-order valence-electron chi connectivity index (χ3n) is 2.77. The molecule has 0 spiro atoms. The van der Waals surface area contributed by atoms with Crippen LogP contribution in [0.2, 0.25) is 0 Å². The van der Waals surface area contributed by atoms with Crippen LogP contribution in [0.15, 0.2) is 30.9 Å². The zero-order chi connectivity index (χ0) is 13.4. The first-order valence-electron chi connectivity index (χ1n) is 5.74. The van der Waals surface area contributed by atoms with Crippen molar-refractivity contribution in [3.05, 3.63) is 42.2 Å². The number of pyridine rings is 1. The van der Waals surface area contributed by atoms with E-state index in [-0.39, 0.29) is 5.91 Å². The van der Waals surface area contributed by atoms with Gasteiger partial charge in [-0.3, -0.25) is 10.1 Å². The summed E-state index contributed by atoms with van der Waals surface area (Å²) in [5.74, 6) is 0.819. The molecule has 0 radical (unpaired) electrons. The molecule has 3 rings (SSSR count). The first kappa shape index (κ1) is 11.4. The quantitative estimate of drug-likeness (QED) is 0.742. The molecule has 0 fully saturated rings. The van der Waals surface area contributed by atoms with Crippen LogP contribution in [-0.4, -0.2) is 30.1 Å². The molecule has 1 amide bonds. The molecule has 0 unspecified atom stereocenters. The highest BCUT2D eigenvalue weighted by Gasteiger charge is 2.11. The van der Waals surface area contributed by atoms with E-state index in [2.05, 4.69) is 20.4 Å². The molecule has 7 heteroatoms. The molecule has 19 heavy (non-hydrogen) atoms. The Hall–Kier alpha value is -2.70. The van der Waals surface area contributed by atoms with Crippen LogP contribution in [0, 0.1) is 6.92 Å². The van der Waals surface area contributed by atoms with Crippen molar-refractivity contribution in [1.82, 2.24) is 24.1 Å². The fourth-order valence-corrected chi connectivity index (χ4v) is 1.86. The molecule has 0 aliphatic carbocycles. The Morgan fingerprint density at radius 2 is 2.26 bits per heavy atom. The van der Waals surface area contributed by atoms with E-state index in [9.17, 15) is 4.79 Å². The van der Waals surface area contributed by atoms with Crippen LogP contribution >= 0.6 is 0 Å². The maximum atomic E-state index is 12.1. The van der Waals surface area contributed by atoms with Crippen molar-refractivity contribution in [3.8, 4) is 0 Å². The van der Waals surface area contributed by atoms with Crippen LogP contribution in [0.1, 0.15) is 16.2 Å². The van der Waals surface area contributed by atoms with Crippen molar-refractivity contribution < 1.29 is 4.79 Å². The molecule has 0 aliphatic heterocycles. The lowest BCUT2D eigenvalue weighted by atomic mass is 10.2. The Morgan fingerprint density at radius 3 is 3.00 bits per heavy atom. The highest BCUT2D eigenvalue weighted by Crippen LogP contribution is 2.09. The standard InChI is InChI=1S/C12H12N6O/c1-8-14-12(17(2)16-8)15-11(19)9-3-4-18-7-13-6-10(18)5-9/h3-7H,1-2H3,(H,14,15,16,19). The van der Waals surface area contributed by atoms with Gasteiger partial charge in [0.1, 0.15) is 5.82 Å². The second-order valence-corrected chi connectivity index (χ2v) is 4.20. The summed E-state index contributed by atoms with van der Waals surface area (Å²) in [6, 6.07) is 3.50. The third-order valence-corrected chi connectivity index (χ3v) is 2.77. The number of hydrogen-bond donors (Lipinski definition) is 1. The molecule has 3 heterocycles. The van der Waals surface area contributed by atoms with E-state index in [4.69, 9.17) is 0 Å². The Kier molecular flexibility index (Phi) is 2.52. The van der Waals surface area contributed by atoms with Crippen LogP contribution in [-0.2, 0) is 7.05 Å². The Balaban J connectivity index is 1.89. The summed E-state index contributed by atoms with van der Waals surface area (Å²) >= 11 is 0. The van der Waals surface area contributed by atoms with Gasteiger partial charge in [-0.15, -0.1) is 0 Å². The van der Waals surface area contributed by atoms with Crippen molar-refractivity contribution in [1.29, 1.82) is 0 Å². The van der Waals surface area contributed by atoms with Crippen molar-refractivity contribution in [3.63, 3.8) is 0 Å². The van der Waals surface area contributed by atoms with Gasteiger partial charge in [0, 0.05) is 18.8 Å². The highest BCUT2D eigenvalue weighted by molar-refractivity contribution is 6.04. The van der Waals surface area contributed by atoms with Crippen molar-refractivity contribution in [2.24, 2.45) is 7.05 Å². The first-order valence-corrected chi connectivity index (χ1v) is 5.74. The lowest BCUT2D eigenvalue weighted by molar-refractivity contribution is 0.102. The van der Waals surface area contributed by atoms with E-state index in [1.807, 2.05) is 4.40 Å². The predicted octanol–water partition coefficient (Wildman–Crippen LogP) is 1.02. The summed E-state index contributed by atoms with van der Waals surface area (Å²) in [7, 11) is 1.73. The molecule has 0 atom stereocenters. The number of fused-ring (bicyclic) bond motifs is 1. The molecule has 3 aromatic rings. The number of hydrogen-bond acceptors (Lipinski definition) is 4. The first-order chi connectivity index (χ1) is 9.13. The van der Waals surface area contributed by atoms with Gasteiger partial charge in [-0.25, -0.2) is 9.67 Å². The number of nitrogens with zero attached hydrogens (tertiary/aromatic N) is 5. The minimum atomic E-state index is -0.223. The van der Waals surface area contributed by atoms with E-state index >= 15 is 0 Å². The molecule has 0 bridgehead atoms. The van der Waals surface area contributed by atoms with E-state index < -0.39 is 0 Å². The number of anilines is 1. The van der Waals surface area contributed by atoms with Gasteiger partial charge in [0.2, 0.25) is 5.95 Å². The van der Waals surface area contributed by atoms with Crippen molar-refractivity contribution in [2.45, 2.75) is 6.92 Å². The van der Waals surface area contributed by atoms with Gasteiger partial charge in [-0.05, 0) is 19.1 Å². The maximum absolute atomic E-state index is 12.1. The summed E-state index contributed by atoms with van der Waals surface area (Å²) < 4.78 is 3.37. The average Bonchev–Trinajstić information content (AvgIpc) is 2.95. The minimum absolute atomic E-state index is 0.223. The fraction of sp³-hybridized carbons (Fsp3) is 0.167. The van der Waals surface area contributed by atoms with Crippen LogP contribution in [0.4, 0.5) is 5.95 Å². The van der Waals surface area contributed by atoms with Crippen LogP contribution in [0.3, 0.4) is 0 Å². The second kappa shape index (κ2) is 4.20. The number of aromatic nitrogens is 5. The number of imidazole rings is 1. The number of nitrogens with one attached hydrogen (secondary N) is 1. The topological polar surface area (TPSA) is 77.1 Å². The van der Waals surface area contributed by atoms with Gasteiger partial charge in [-0.2, -0.15) is 10.1 Å². The number of amides is 1. The van der Waals surface area contributed by atoms with Gasteiger partial charge in [-0.1, -0.05) is 0 Å². The molecular formula is C12H12N6O. The van der Waals surface area contributed by atoms with Gasteiger partial charge in [0.05, 0.1) is 18.0 Å². The average molecular weight is 256 g/mol. The molecule has 3 aromatic heterocycles. The lowest BCUT2D eigenvalue weighted by Crippen LogP contribution is -2.15. The van der Waals surface area contributed by atoms with Crippen molar-refractivity contribution in [2.75, 3.05) is 5.32 Å². The van der Waals surface area contributed by atoms with Gasteiger partial charge < -0.3 is 4.40 Å². The Morgan fingerprint density at radius 1 is 1.42 bits per heavy atom. The highest BCUT2D eigenvalue weighted by atomic mass is 16.1.